The van der Waals surface area contributed by atoms with Crippen molar-refractivity contribution in [3.8, 4) is 0 Å². The number of hydrogen-bond acceptors (Lipinski definition) is 4. The van der Waals surface area contributed by atoms with Gasteiger partial charge in [-0.15, -0.1) is 11.3 Å². The van der Waals surface area contributed by atoms with Gasteiger partial charge in [0, 0.05) is 29.5 Å². The molecule has 0 aliphatic heterocycles. The van der Waals surface area contributed by atoms with E-state index < -0.39 is 0 Å². The highest BCUT2D eigenvalue weighted by Gasteiger charge is 2.07. The molecule has 0 aliphatic rings. The van der Waals surface area contributed by atoms with Gasteiger partial charge in [-0.3, -0.25) is 0 Å². The summed E-state index contributed by atoms with van der Waals surface area (Å²) in [5.74, 6) is 0. The summed E-state index contributed by atoms with van der Waals surface area (Å²) in [6.07, 6.45) is 0.865. The number of ether oxygens (including phenoxy) is 2. The Hall–Kier alpha value is -0.420. The van der Waals surface area contributed by atoms with Crippen molar-refractivity contribution in [3.63, 3.8) is 0 Å². The summed E-state index contributed by atoms with van der Waals surface area (Å²) in [7, 11) is 1.67. The molecule has 0 radical (unpaired) electrons. The Balaban J connectivity index is 2.16. The molecule has 3 nitrogen and oxygen atoms in total. The van der Waals surface area contributed by atoms with Gasteiger partial charge in [0.1, 0.15) is 0 Å². The topological polar surface area (TPSA) is 44.5 Å². The highest BCUT2D eigenvalue weighted by atomic mass is 32.1. The third kappa shape index (κ3) is 4.75. The highest BCUT2D eigenvalue weighted by Crippen LogP contribution is 2.22. The van der Waals surface area contributed by atoms with Crippen molar-refractivity contribution in [2.45, 2.75) is 19.4 Å². The van der Waals surface area contributed by atoms with Crippen LogP contribution in [0.1, 0.15) is 22.2 Å². The van der Waals surface area contributed by atoms with Crippen LogP contribution in [0, 0.1) is 6.92 Å². The highest BCUT2D eigenvalue weighted by molar-refractivity contribution is 7.12. The molecule has 0 spiro atoms. The molecule has 1 heterocycles. The van der Waals surface area contributed by atoms with Crippen molar-refractivity contribution in [1.82, 2.24) is 0 Å². The third-order valence-electron chi connectivity index (χ3n) is 2.13. The molecule has 1 unspecified atom stereocenters. The lowest BCUT2D eigenvalue weighted by Crippen LogP contribution is -2.13. The van der Waals surface area contributed by atoms with Gasteiger partial charge in [-0.05, 0) is 25.5 Å². The second-order valence-corrected chi connectivity index (χ2v) is 4.77. The number of hydrogen-bond donors (Lipinski definition) is 1. The van der Waals surface area contributed by atoms with E-state index in [2.05, 4.69) is 19.1 Å². The molecule has 1 atom stereocenters. The summed E-state index contributed by atoms with van der Waals surface area (Å²) in [4.78, 5) is 2.54. The van der Waals surface area contributed by atoms with Crippen LogP contribution in [0.5, 0.6) is 0 Å². The Labute approximate surface area is 95.2 Å². The van der Waals surface area contributed by atoms with E-state index in [9.17, 15) is 0 Å². The standard InChI is InChI=1S/C11H19NO2S/c1-9-3-4-11(15-9)10(12)5-6-14-8-7-13-2/h3-4,10H,5-8,12H2,1-2H3. The minimum atomic E-state index is 0.103. The number of aryl methyl sites for hydroxylation is 1. The maximum atomic E-state index is 6.02. The fourth-order valence-corrected chi connectivity index (χ4v) is 2.16. The molecule has 0 aliphatic carbocycles. The zero-order valence-electron chi connectivity index (χ0n) is 9.36. The third-order valence-corrected chi connectivity index (χ3v) is 3.26. The van der Waals surface area contributed by atoms with Crippen LogP contribution >= 0.6 is 11.3 Å². The van der Waals surface area contributed by atoms with E-state index in [1.54, 1.807) is 18.4 Å². The van der Waals surface area contributed by atoms with E-state index in [0.29, 0.717) is 19.8 Å². The molecule has 0 amide bonds. The van der Waals surface area contributed by atoms with Crippen LogP contribution in [0.2, 0.25) is 0 Å². The maximum absolute atomic E-state index is 6.02. The fourth-order valence-electron chi connectivity index (χ4n) is 1.25. The largest absolute Gasteiger partial charge is 0.382 e. The molecule has 1 aromatic rings. The lowest BCUT2D eigenvalue weighted by molar-refractivity contribution is 0.0673. The van der Waals surface area contributed by atoms with Crippen LogP contribution in [0.3, 0.4) is 0 Å². The smallest absolute Gasteiger partial charge is 0.0700 e. The first-order valence-corrected chi connectivity index (χ1v) is 5.94. The lowest BCUT2D eigenvalue weighted by Gasteiger charge is -2.09. The van der Waals surface area contributed by atoms with Gasteiger partial charge in [-0.25, -0.2) is 0 Å². The molecule has 2 N–H and O–H groups in total. The zero-order chi connectivity index (χ0) is 11.1. The van der Waals surface area contributed by atoms with E-state index in [0.717, 1.165) is 6.42 Å². The predicted octanol–water partition coefficient (Wildman–Crippen LogP) is 2.11. The van der Waals surface area contributed by atoms with Crippen molar-refractivity contribution in [3.05, 3.63) is 21.9 Å². The number of nitrogens with two attached hydrogens (primary N) is 1. The Kier molecular flexibility index (Phi) is 5.86. The number of rotatable bonds is 7. The molecule has 1 rings (SSSR count). The maximum Gasteiger partial charge on any atom is 0.0700 e. The molecular weight excluding hydrogens is 210 g/mol. The second kappa shape index (κ2) is 6.95. The Morgan fingerprint density at radius 1 is 1.33 bits per heavy atom. The normalized spacial score (nSPS) is 13.0. The zero-order valence-corrected chi connectivity index (χ0v) is 10.2. The summed E-state index contributed by atoms with van der Waals surface area (Å²) in [5, 5.41) is 0. The number of thiophene rings is 1. The summed E-state index contributed by atoms with van der Waals surface area (Å²) < 4.78 is 10.3. The SMILES string of the molecule is COCCOCCC(N)c1ccc(C)s1. The molecule has 1 aromatic heterocycles. The van der Waals surface area contributed by atoms with Gasteiger partial charge >= 0.3 is 0 Å². The fraction of sp³-hybridized carbons (Fsp3) is 0.636. The van der Waals surface area contributed by atoms with E-state index >= 15 is 0 Å². The Morgan fingerprint density at radius 3 is 2.73 bits per heavy atom. The summed E-state index contributed by atoms with van der Waals surface area (Å²) >= 11 is 1.76. The molecule has 4 heteroatoms. The molecule has 0 saturated carbocycles. The van der Waals surface area contributed by atoms with Crippen LogP contribution in [0.4, 0.5) is 0 Å². The average Bonchev–Trinajstić information content (AvgIpc) is 2.64. The summed E-state index contributed by atoms with van der Waals surface area (Å²) in [5.41, 5.74) is 6.02. The molecule has 0 saturated heterocycles. The van der Waals surface area contributed by atoms with E-state index in [4.69, 9.17) is 15.2 Å². The molecule has 0 aromatic carbocycles. The molecular formula is C11H19NO2S. The quantitative estimate of drug-likeness (QED) is 0.728. The average molecular weight is 229 g/mol. The van der Waals surface area contributed by atoms with Crippen LogP contribution in [-0.4, -0.2) is 26.9 Å². The van der Waals surface area contributed by atoms with E-state index in [1.165, 1.54) is 9.75 Å². The minimum Gasteiger partial charge on any atom is -0.382 e. The number of methoxy groups -OCH3 is 1. The van der Waals surface area contributed by atoms with Crippen molar-refractivity contribution < 1.29 is 9.47 Å². The summed E-state index contributed by atoms with van der Waals surface area (Å²) in [6, 6.07) is 4.30. The molecule has 0 fully saturated rings. The van der Waals surface area contributed by atoms with Gasteiger partial charge in [0.25, 0.3) is 0 Å². The Morgan fingerprint density at radius 2 is 2.13 bits per heavy atom. The first-order chi connectivity index (χ1) is 7.24. The van der Waals surface area contributed by atoms with Crippen LogP contribution in [0.15, 0.2) is 12.1 Å². The lowest BCUT2D eigenvalue weighted by atomic mass is 10.2. The van der Waals surface area contributed by atoms with Crippen LogP contribution in [0.25, 0.3) is 0 Å². The van der Waals surface area contributed by atoms with Crippen LogP contribution in [-0.2, 0) is 9.47 Å². The van der Waals surface area contributed by atoms with Gasteiger partial charge in [-0.1, -0.05) is 0 Å². The van der Waals surface area contributed by atoms with Crippen molar-refractivity contribution >= 4 is 11.3 Å². The molecule has 86 valence electrons. The summed E-state index contributed by atoms with van der Waals surface area (Å²) in [6.45, 7) is 4.08. The first-order valence-electron chi connectivity index (χ1n) is 5.12. The van der Waals surface area contributed by atoms with Gasteiger partial charge in [-0.2, -0.15) is 0 Å². The van der Waals surface area contributed by atoms with E-state index in [1.807, 2.05) is 0 Å². The van der Waals surface area contributed by atoms with Crippen molar-refractivity contribution in [2.75, 3.05) is 26.9 Å². The van der Waals surface area contributed by atoms with Gasteiger partial charge in [0.15, 0.2) is 0 Å². The first kappa shape index (κ1) is 12.6. The van der Waals surface area contributed by atoms with E-state index in [-0.39, 0.29) is 6.04 Å². The van der Waals surface area contributed by atoms with Gasteiger partial charge in [0.05, 0.1) is 13.2 Å². The van der Waals surface area contributed by atoms with Crippen molar-refractivity contribution in [1.29, 1.82) is 0 Å². The predicted molar refractivity (Wildman–Crippen MR) is 63.3 cm³/mol. The second-order valence-electron chi connectivity index (χ2n) is 3.45. The monoisotopic (exact) mass is 229 g/mol. The van der Waals surface area contributed by atoms with Gasteiger partial charge in [0.2, 0.25) is 0 Å². The van der Waals surface area contributed by atoms with Gasteiger partial charge < -0.3 is 15.2 Å². The Bertz CT molecular complexity index is 275. The van der Waals surface area contributed by atoms with Crippen molar-refractivity contribution in [2.24, 2.45) is 5.73 Å². The molecule has 15 heavy (non-hydrogen) atoms. The minimum absolute atomic E-state index is 0.103. The molecule has 0 bridgehead atoms. The van der Waals surface area contributed by atoms with Crippen LogP contribution < -0.4 is 5.73 Å².